The van der Waals surface area contributed by atoms with Crippen LogP contribution in [0.4, 0.5) is 5.69 Å². The molecular formula is C14H23ClN2O2. The number of hydrogen-bond acceptors (Lipinski definition) is 3. The predicted octanol–water partition coefficient (Wildman–Crippen LogP) is 2.69. The summed E-state index contributed by atoms with van der Waals surface area (Å²) in [5.41, 5.74) is 0.775. The van der Waals surface area contributed by atoms with Gasteiger partial charge in [0.1, 0.15) is 5.75 Å². The Balaban J connectivity index is 0.00000324. The van der Waals surface area contributed by atoms with Gasteiger partial charge in [-0.3, -0.25) is 4.79 Å². The van der Waals surface area contributed by atoms with Gasteiger partial charge in [-0.2, -0.15) is 0 Å². The van der Waals surface area contributed by atoms with Crippen LogP contribution < -0.4 is 15.4 Å². The van der Waals surface area contributed by atoms with Crippen molar-refractivity contribution in [1.82, 2.24) is 5.32 Å². The van der Waals surface area contributed by atoms with Gasteiger partial charge in [0.15, 0.2) is 0 Å². The van der Waals surface area contributed by atoms with E-state index in [-0.39, 0.29) is 18.3 Å². The lowest BCUT2D eigenvalue weighted by Gasteiger charge is -2.10. The molecule has 2 N–H and O–H groups in total. The number of anilines is 1. The zero-order valence-corrected chi connectivity index (χ0v) is 12.5. The minimum Gasteiger partial charge on any atom is -0.493 e. The molecule has 0 saturated heterocycles. The number of nitrogens with one attached hydrogen (secondary N) is 2. The van der Waals surface area contributed by atoms with Crippen LogP contribution in [-0.2, 0) is 4.79 Å². The molecule has 0 bridgehead atoms. The van der Waals surface area contributed by atoms with Crippen LogP contribution in [0.1, 0.15) is 20.3 Å². The minimum absolute atomic E-state index is 0. The van der Waals surface area contributed by atoms with Gasteiger partial charge < -0.3 is 15.4 Å². The number of carbonyl (C=O) groups is 1. The van der Waals surface area contributed by atoms with Crippen LogP contribution in [0.3, 0.4) is 0 Å². The number of rotatable bonds is 7. The molecule has 0 spiro atoms. The molecule has 19 heavy (non-hydrogen) atoms. The molecular weight excluding hydrogens is 264 g/mol. The molecule has 0 unspecified atom stereocenters. The number of carbonyl (C=O) groups excluding carboxylic acids is 1. The Morgan fingerprint density at radius 1 is 1.37 bits per heavy atom. The Morgan fingerprint density at radius 3 is 2.74 bits per heavy atom. The number of ether oxygens (including phenoxy) is 1. The van der Waals surface area contributed by atoms with Gasteiger partial charge in [0, 0.05) is 24.7 Å². The molecule has 0 aromatic heterocycles. The molecule has 0 heterocycles. The van der Waals surface area contributed by atoms with Crippen LogP contribution in [0.25, 0.3) is 0 Å². The smallest absolute Gasteiger partial charge is 0.225 e. The van der Waals surface area contributed by atoms with Crippen LogP contribution in [0.5, 0.6) is 5.75 Å². The summed E-state index contributed by atoms with van der Waals surface area (Å²) in [6.07, 6.45) is 0.466. The van der Waals surface area contributed by atoms with Crippen molar-refractivity contribution >= 4 is 24.0 Å². The third-order valence-electron chi connectivity index (χ3n) is 2.30. The average Bonchev–Trinajstić information content (AvgIpc) is 2.34. The highest BCUT2D eigenvalue weighted by molar-refractivity contribution is 5.90. The number of hydrogen-bond donors (Lipinski definition) is 2. The van der Waals surface area contributed by atoms with E-state index in [0.29, 0.717) is 25.5 Å². The third kappa shape index (κ3) is 7.70. The Kier molecular flexibility index (Phi) is 9.00. The van der Waals surface area contributed by atoms with E-state index < -0.39 is 0 Å². The van der Waals surface area contributed by atoms with E-state index in [2.05, 4.69) is 24.5 Å². The van der Waals surface area contributed by atoms with Crippen molar-refractivity contribution < 1.29 is 9.53 Å². The van der Waals surface area contributed by atoms with Gasteiger partial charge in [0.25, 0.3) is 0 Å². The van der Waals surface area contributed by atoms with Crippen molar-refractivity contribution in [2.24, 2.45) is 5.92 Å². The van der Waals surface area contributed by atoms with Crippen molar-refractivity contribution in [3.63, 3.8) is 0 Å². The minimum atomic E-state index is 0. The second kappa shape index (κ2) is 9.64. The lowest BCUT2D eigenvalue weighted by Crippen LogP contribution is -2.18. The first-order valence-corrected chi connectivity index (χ1v) is 6.29. The molecule has 1 rings (SSSR count). The normalized spacial score (nSPS) is 9.89. The molecule has 108 valence electrons. The predicted molar refractivity (Wildman–Crippen MR) is 81.2 cm³/mol. The van der Waals surface area contributed by atoms with E-state index in [1.54, 1.807) is 0 Å². The molecule has 4 nitrogen and oxygen atoms in total. The molecule has 0 fully saturated rings. The summed E-state index contributed by atoms with van der Waals surface area (Å²) in [6, 6.07) is 7.48. The summed E-state index contributed by atoms with van der Waals surface area (Å²) in [5, 5.41) is 5.79. The van der Waals surface area contributed by atoms with Gasteiger partial charge >= 0.3 is 0 Å². The summed E-state index contributed by atoms with van der Waals surface area (Å²) in [5.74, 6) is 1.28. The van der Waals surface area contributed by atoms with E-state index in [1.165, 1.54) is 0 Å². The second-order valence-electron chi connectivity index (χ2n) is 4.63. The van der Waals surface area contributed by atoms with E-state index in [9.17, 15) is 4.79 Å². The zero-order chi connectivity index (χ0) is 13.4. The Morgan fingerprint density at radius 2 is 2.11 bits per heavy atom. The fourth-order valence-corrected chi connectivity index (χ4v) is 1.39. The van der Waals surface area contributed by atoms with Crippen molar-refractivity contribution in [3.05, 3.63) is 24.3 Å². The molecule has 1 aromatic rings. The molecule has 0 saturated carbocycles. The van der Waals surface area contributed by atoms with Crippen LogP contribution in [0.15, 0.2) is 24.3 Å². The molecule has 0 radical (unpaired) electrons. The lowest BCUT2D eigenvalue weighted by molar-refractivity contribution is -0.116. The highest BCUT2D eigenvalue weighted by atomic mass is 35.5. The fourth-order valence-electron chi connectivity index (χ4n) is 1.39. The van der Waals surface area contributed by atoms with Crippen LogP contribution >= 0.6 is 12.4 Å². The first-order chi connectivity index (χ1) is 8.61. The highest BCUT2D eigenvalue weighted by Gasteiger charge is 2.03. The Bertz CT molecular complexity index is 383. The maximum Gasteiger partial charge on any atom is 0.225 e. The standard InChI is InChI=1S/C14H22N2O2.ClH/c1-11(2)10-18-13-6-4-5-12(9-13)16-14(17)7-8-15-3;/h4-6,9,11,15H,7-8,10H2,1-3H3,(H,16,17);1H. The van der Waals surface area contributed by atoms with E-state index in [0.717, 1.165) is 11.4 Å². The maximum absolute atomic E-state index is 11.6. The number of amides is 1. The van der Waals surface area contributed by atoms with E-state index in [4.69, 9.17) is 4.74 Å². The molecule has 0 aliphatic heterocycles. The first kappa shape index (κ1) is 17.7. The van der Waals surface area contributed by atoms with E-state index in [1.807, 2.05) is 31.3 Å². The molecule has 1 aromatic carbocycles. The fraction of sp³-hybridized carbons (Fsp3) is 0.500. The SMILES string of the molecule is CNCCC(=O)Nc1cccc(OCC(C)C)c1.Cl. The van der Waals surface area contributed by atoms with Crippen molar-refractivity contribution in [3.8, 4) is 5.75 Å². The average molecular weight is 287 g/mol. The molecule has 0 aliphatic rings. The van der Waals surface area contributed by atoms with Gasteiger partial charge in [-0.1, -0.05) is 19.9 Å². The van der Waals surface area contributed by atoms with Crippen molar-refractivity contribution in [1.29, 1.82) is 0 Å². The Labute approximate surface area is 121 Å². The van der Waals surface area contributed by atoms with Gasteiger partial charge in [-0.05, 0) is 25.1 Å². The molecule has 5 heteroatoms. The lowest BCUT2D eigenvalue weighted by atomic mass is 10.2. The molecule has 0 aliphatic carbocycles. The van der Waals surface area contributed by atoms with Crippen LogP contribution in [-0.4, -0.2) is 26.1 Å². The van der Waals surface area contributed by atoms with Gasteiger partial charge in [-0.15, -0.1) is 12.4 Å². The summed E-state index contributed by atoms with van der Waals surface area (Å²) in [4.78, 5) is 11.6. The number of halogens is 1. The second-order valence-corrected chi connectivity index (χ2v) is 4.63. The Hall–Kier alpha value is -1.26. The monoisotopic (exact) mass is 286 g/mol. The summed E-state index contributed by atoms with van der Waals surface area (Å²) >= 11 is 0. The zero-order valence-electron chi connectivity index (χ0n) is 11.7. The van der Waals surface area contributed by atoms with Crippen molar-refractivity contribution in [2.75, 3.05) is 25.5 Å². The highest BCUT2D eigenvalue weighted by Crippen LogP contribution is 2.18. The topological polar surface area (TPSA) is 50.4 Å². The van der Waals surface area contributed by atoms with Crippen LogP contribution in [0, 0.1) is 5.92 Å². The van der Waals surface area contributed by atoms with Gasteiger partial charge in [-0.25, -0.2) is 0 Å². The molecule has 0 atom stereocenters. The third-order valence-corrected chi connectivity index (χ3v) is 2.30. The quantitative estimate of drug-likeness (QED) is 0.810. The summed E-state index contributed by atoms with van der Waals surface area (Å²) in [6.45, 7) is 5.55. The number of benzene rings is 1. The first-order valence-electron chi connectivity index (χ1n) is 6.29. The largest absolute Gasteiger partial charge is 0.493 e. The molecule has 1 amide bonds. The summed E-state index contributed by atoms with van der Waals surface area (Å²) < 4.78 is 5.61. The van der Waals surface area contributed by atoms with Crippen LogP contribution in [0.2, 0.25) is 0 Å². The van der Waals surface area contributed by atoms with E-state index >= 15 is 0 Å². The van der Waals surface area contributed by atoms with Crippen molar-refractivity contribution in [2.45, 2.75) is 20.3 Å². The summed E-state index contributed by atoms with van der Waals surface area (Å²) in [7, 11) is 1.83. The van der Waals surface area contributed by atoms with Gasteiger partial charge in [0.05, 0.1) is 6.61 Å². The maximum atomic E-state index is 11.6. The van der Waals surface area contributed by atoms with Gasteiger partial charge in [0.2, 0.25) is 5.91 Å².